The largest absolute Gasteiger partial charge is 0.205 e. The fourth-order valence-corrected chi connectivity index (χ4v) is 0.401. The molecule has 3 heteroatoms. The highest BCUT2D eigenvalue weighted by molar-refractivity contribution is 9.28. The number of allylic oxidation sites excluding steroid dienone is 2. The van der Waals surface area contributed by atoms with Crippen LogP contribution in [0.4, 0.5) is 4.39 Å². The maximum atomic E-state index is 11.9. The summed E-state index contributed by atoms with van der Waals surface area (Å²) in [6, 6.07) is 0. The molecule has 0 N–H and O–H groups in total. The number of hydrogen-bond acceptors (Lipinski definition) is 0. The van der Waals surface area contributed by atoms with E-state index >= 15 is 0 Å². The molecule has 0 saturated heterocycles. The Morgan fingerprint density at radius 2 is 2.00 bits per heavy atom. The van der Waals surface area contributed by atoms with Crippen molar-refractivity contribution < 1.29 is 4.39 Å². The first-order chi connectivity index (χ1) is 3.18. The molecule has 0 fully saturated rings. The van der Waals surface area contributed by atoms with Gasteiger partial charge in [-0.2, -0.15) is 0 Å². The molecule has 0 unspecified atom stereocenters. The summed E-state index contributed by atoms with van der Waals surface area (Å²) in [5.74, 6) is -0.389. The van der Waals surface area contributed by atoms with Crippen LogP contribution in [0.3, 0.4) is 0 Å². The van der Waals surface area contributed by atoms with Crippen LogP contribution in [0.25, 0.3) is 0 Å². The van der Waals surface area contributed by atoms with E-state index in [0.29, 0.717) is 3.39 Å². The normalized spacial score (nSPS) is 7.86. The molecule has 0 amide bonds. The average Bonchev–Trinajstić information content (AvgIpc) is 1.65. The standard InChI is InChI=1S/C4H3Br2F/c1-2-3(7)4(5)6/h2H,1H2. The van der Waals surface area contributed by atoms with Gasteiger partial charge in [0.15, 0.2) is 0 Å². The van der Waals surface area contributed by atoms with Gasteiger partial charge in [0.1, 0.15) is 5.83 Å². The van der Waals surface area contributed by atoms with Crippen LogP contribution in [0.1, 0.15) is 0 Å². The predicted octanol–water partition coefficient (Wildman–Crippen LogP) is 3.10. The molecule has 0 aromatic heterocycles. The minimum atomic E-state index is -0.389. The predicted molar refractivity (Wildman–Crippen MR) is 36.2 cm³/mol. The average molecular weight is 230 g/mol. The third-order valence-electron chi connectivity index (χ3n) is 0.360. The van der Waals surface area contributed by atoms with E-state index in [1.165, 1.54) is 0 Å². The lowest BCUT2D eigenvalue weighted by Gasteiger charge is -1.80. The molecular weight excluding hydrogens is 227 g/mol. The van der Waals surface area contributed by atoms with E-state index in [9.17, 15) is 4.39 Å². The van der Waals surface area contributed by atoms with Gasteiger partial charge in [-0.1, -0.05) is 6.58 Å². The van der Waals surface area contributed by atoms with Gasteiger partial charge < -0.3 is 0 Å². The summed E-state index contributed by atoms with van der Waals surface area (Å²) in [5.41, 5.74) is 0. The Morgan fingerprint density at radius 1 is 1.57 bits per heavy atom. The van der Waals surface area contributed by atoms with Crippen molar-refractivity contribution in [1.29, 1.82) is 0 Å². The van der Waals surface area contributed by atoms with Gasteiger partial charge in [-0.25, -0.2) is 4.39 Å². The Bertz CT molecular complexity index is 102. The molecular formula is C4H3Br2F. The van der Waals surface area contributed by atoms with E-state index in [-0.39, 0.29) is 5.83 Å². The van der Waals surface area contributed by atoms with Crippen LogP contribution in [-0.4, -0.2) is 0 Å². The van der Waals surface area contributed by atoms with Gasteiger partial charge in [-0.05, 0) is 37.9 Å². The quantitative estimate of drug-likeness (QED) is 0.607. The van der Waals surface area contributed by atoms with E-state index in [0.717, 1.165) is 6.08 Å². The van der Waals surface area contributed by atoms with Crippen molar-refractivity contribution in [3.05, 3.63) is 21.9 Å². The van der Waals surface area contributed by atoms with Gasteiger partial charge in [-0.15, -0.1) is 0 Å². The smallest absolute Gasteiger partial charge is 0.143 e. The van der Waals surface area contributed by atoms with Crippen molar-refractivity contribution in [1.82, 2.24) is 0 Å². The fourth-order valence-electron chi connectivity index (χ4n) is 0.0772. The zero-order valence-corrected chi connectivity index (χ0v) is 6.59. The SMILES string of the molecule is C=CC(F)=C(Br)Br. The Morgan fingerprint density at radius 3 is 2.00 bits per heavy atom. The molecule has 0 aliphatic rings. The summed E-state index contributed by atoms with van der Waals surface area (Å²) in [6.45, 7) is 3.19. The maximum absolute atomic E-state index is 11.9. The first kappa shape index (κ1) is 7.37. The maximum Gasteiger partial charge on any atom is 0.143 e. The van der Waals surface area contributed by atoms with E-state index in [1.54, 1.807) is 0 Å². The van der Waals surface area contributed by atoms with Gasteiger partial charge in [0.25, 0.3) is 0 Å². The summed E-state index contributed by atoms with van der Waals surface area (Å²) < 4.78 is 12.2. The van der Waals surface area contributed by atoms with Gasteiger partial charge in [0.2, 0.25) is 0 Å². The van der Waals surface area contributed by atoms with Crippen LogP contribution in [-0.2, 0) is 0 Å². The Hall–Kier alpha value is 0.370. The van der Waals surface area contributed by atoms with E-state index in [1.807, 2.05) is 0 Å². The fraction of sp³-hybridized carbons (Fsp3) is 0. The Balaban J connectivity index is 3.98. The molecule has 0 aromatic rings. The monoisotopic (exact) mass is 228 g/mol. The van der Waals surface area contributed by atoms with Crippen molar-refractivity contribution in [3.8, 4) is 0 Å². The molecule has 40 valence electrons. The number of halogens is 3. The van der Waals surface area contributed by atoms with E-state index < -0.39 is 0 Å². The van der Waals surface area contributed by atoms with Crippen molar-refractivity contribution in [3.63, 3.8) is 0 Å². The molecule has 0 aromatic carbocycles. The third-order valence-corrected chi connectivity index (χ3v) is 1.12. The molecule has 0 heterocycles. The molecule has 0 atom stereocenters. The first-order valence-corrected chi connectivity index (χ1v) is 3.10. The summed E-state index contributed by atoms with van der Waals surface area (Å²) in [6.07, 6.45) is 1.11. The van der Waals surface area contributed by atoms with E-state index in [4.69, 9.17) is 0 Å². The summed E-state index contributed by atoms with van der Waals surface area (Å²) in [5, 5.41) is 0. The second-order valence-electron chi connectivity index (χ2n) is 0.812. The van der Waals surface area contributed by atoms with Gasteiger partial charge in [0, 0.05) is 0 Å². The highest BCUT2D eigenvalue weighted by atomic mass is 79.9. The molecule has 0 saturated carbocycles. The van der Waals surface area contributed by atoms with Crippen LogP contribution in [0, 0.1) is 0 Å². The summed E-state index contributed by atoms with van der Waals surface area (Å²) in [4.78, 5) is 0. The van der Waals surface area contributed by atoms with Crippen LogP contribution < -0.4 is 0 Å². The van der Waals surface area contributed by atoms with Gasteiger partial charge in [0.05, 0.1) is 3.39 Å². The lowest BCUT2D eigenvalue weighted by Crippen LogP contribution is -1.58. The lowest BCUT2D eigenvalue weighted by molar-refractivity contribution is 0.669. The number of rotatable bonds is 1. The van der Waals surface area contributed by atoms with Crippen LogP contribution >= 0.6 is 31.9 Å². The van der Waals surface area contributed by atoms with Crippen molar-refractivity contribution in [2.24, 2.45) is 0 Å². The zero-order chi connectivity index (χ0) is 5.86. The molecule has 7 heavy (non-hydrogen) atoms. The minimum absolute atomic E-state index is 0.301. The van der Waals surface area contributed by atoms with Crippen molar-refractivity contribution in [2.75, 3.05) is 0 Å². The molecule has 0 nitrogen and oxygen atoms in total. The van der Waals surface area contributed by atoms with Crippen LogP contribution in [0.15, 0.2) is 21.9 Å². The number of hydrogen-bond donors (Lipinski definition) is 0. The second kappa shape index (κ2) is 3.38. The molecule has 0 radical (unpaired) electrons. The first-order valence-electron chi connectivity index (χ1n) is 1.51. The van der Waals surface area contributed by atoms with Crippen molar-refractivity contribution in [2.45, 2.75) is 0 Å². The third kappa shape index (κ3) is 3.00. The second-order valence-corrected chi connectivity index (χ2v) is 3.46. The molecule has 0 aliphatic carbocycles. The topological polar surface area (TPSA) is 0 Å². The summed E-state index contributed by atoms with van der Waals surface area (Å²) >= 11 is 5.70. The Labute approximate surface area is 58.4 Å². The summed E-state index contributed by atoms with van der Waals surface area (Å²) in [7, 11) is 0. The molecule has 0 spiro atoms. The van der Waals surface area contributed by atoms with Gasteiger partial charge in [-0.3, -0.25) is 0 Å². The molecule has 0 rings (SSSR count). The van der Waals surface area contributed by atoms with Crippen LogP contribution in [0.5, 0.6) is 0 Å². The highest BCUT2D eigenvalue weighted by Crippen LogP contribution is 2.19. The van der Waals surface area contributed by atoms with Crippen LogP contribution in [0.2, 0.25) is 0 Å². The van der Waals surface area contributed by atoms with Gasteiger partial charge >= 0.3 is 0 Å². The Kier molecular flexibility index (Phi) is 3.56. The lowest BCUT2D eigenvalue weighted by atomic mass is 10.6. The molecule has 0 aliphatic heterocycles. The minimum Gasteiger partial charge on any atom is -0.205 e. The molecule has 0 bridgehead atoms. The highest BCUT2D eigenvalue weighted by Gasteiger charge is 1.89. The zero-order valence-electron chi connectivity index (χ0n) is 3.42. The van der Waals surface area contributed by atoms with E-state index in [2.05, 4.69) is 38.4 Å². The van der Waals surface area contributed by atoms with Crippen molar-refractivity contribution >= 4 is 31.9 Å².